The first-order valence-corrected chi connectivity index (χ1v) is 6.73. The van der Waals surface area contributed by atoms with Crippen LogP contribution >= 0.6 is 0 Å². The second kappa shape index (κ2) is 7.47. The van der Waals surface area contributed by atoms with Gasteiger partial charge in [0, 0.05) is 23.9 Å². The van der Waals surface area contributed by atoms with Crippen LogP contribution in [0.1, 0.15) is 48.5 Å². The Kier molecular flexibility index (Phi) is 5.96. The minimum atomic E-state index is -1.16. The van der Waals surface area contributed by atoms with Gasteiger partial charge in [0.15, 0.2) is 0 Å². The first-order valence-electron chi connectivity index (χ1n) is 6.73. The summed E-state index contributed by atoms with van der Waals surface area (Å²) in [6, 6.07) is 2.55. The van der Waals surface area contributed by atoms with Crippen LogP contribution in [-0.4, -0.2) is 22.5 Å². The topological polar surface area (TPSA) is 92.5 Å². The summed E-state index contributed by atoms with van der Waals surface area (Å²) >= 11 is 0. The third kappa shape index (κ3) is 4.22. The number of carboxylic acids is 1. The van der Waals surface area contributed by atoms with Crippen molar-refractivity contribution in [1.29, 1.82) is 0 Å². The van der Waals surface area contributed by atoms with Crippen molar-refractivity contribution >= 4 is 17.3 Å². The molecule has 0 radical (unpaired) electrons. The number of aromatic carboxylic acids is 1. The molecule has 0 atom stereocenters. The molecule has 0 amide bonds. The number of carbonyl (C=O) groups is 1. The van der Waals surface area contributed by atoms with Crippen LogP contribution in [0.15, 0.2) is 12.1 Å². The fourth-order valence-electron chi connectivity index (χ4n) is 1.97. The van der Waals surface area contributed by atoms with Crippen molar-refractivity contribution < 1.29 is 14.8 Å². The SMILES string of the molecule is CCCCCCNc1cc(C(=O)O)cc([N+](=O)[O-])c1C. The van der Waals surface area contributed by atoms with E-state index >= 15 is 0 Å². The molecular weight excluding hydrogens is 260 g/mol. The lowest BCUT2D eigenvalue weighted by atomic mass is 10.1. The average molecular weight is 280 g/mol. The van der Waals surface area contributed by atoms with Crippen LogP contribution < -0.4 is 5.32 Å². The average Bonchev–Trinajstić information content (AvgIpc) is 2.39. The van der Waals surface area contributed by atoms with E-state index in [9.17, 15) is 14.9 Å². The van der Waals surface area contributed by atoms with E-state index in [1.807, 2.05) is 0 Å². The van der Waals surface area contributed by atoms with Gasteiger partial charge in [0.05, 0.1) is 10.5 Å². The molecule has 0 aliphatic rings. The molecular formula is C14H20N2O4. The van der Waals surface area contributed by atoms with Crippen LogP contribution in [0.2, 0.25) is 0 Å². The van der Waals surface area contributed by atoms with Gasteiger partial charge in [-0.25, -0.2) is 4.79 Å². The maximum Gasteiger partial charge on any atom is 0.336 e. The molecule has 0 fully saturated rings. The van der Waals surface area contributed by atoms with E-state index in [0.717, 1.165) is 31.7 Å². The molecule has 2 N–H and O–H groups in total. The van der Waals surface area contributed by atoms with E-state index in [0.29, 0.717) is 17.8 Å². The van der Waals surface area contributed by atoms with Gasteiger partial charge in [0.25, 0.3) is 5.69 Å². The lowest BCUT2D eigenvalue weighted by Gasteiger charge is -2.11. The molecule has 0 saturated carbocycles. The zero-order chi connectivity index (χ0) is 15.1. The standard InChI is InChI=1S/C14H20N2O4/c1-3-4-5-6-7-15-12-8-11(14(17)18)9-13(10(12)2)16(19)20/h8-9,15H,3-7H2,1-2H3,(H,17,18). The number of carboxylic acid groups (broad SMARTS) is 1. The molecule has 0 unspecified atom stereocenters. The number of nitro groups is 1. The van der Waals surface area contributed by atoms with Gasteiger partial charge in [-0.3, -0.25) is 10.1 Å². The normalized spacial score (nSPS) is 10.3. The molecule has 1 aromatic rings. The van der Waals surface area contributed by atoms with Gasteiger partial charge in [0.2, 0.25) is 0 Å². The fourth-order valence-corrected chi connectivity index (χ4v) is 1.97. The van der Waals surface area contributed by atoms with Crippen molar-refractivity contribution in [3.8, 4) is 0 Å². The van der Waals surface area contributed by atoms with Crippen LogP contribution in [0.5, 0.6) is 0 Å². The monoisotopic (exact) mass is 280 g/mol. The molecule has 110 valence electrons. The van der Waals surface area contributed by atoms with Gasteiger partial charge >= 0.3 is 5.97 Å². The molecule has 0 spiro atoms. The quantitative estimate of drug-likeness (QED) is 0.431. The van der Waals surface area contributed by atoms with E-state index in [1.54, 1.807) is 6.92 Å². The first kappa shape index (κ1) is 15.9. The number of benzene rings is 1. The zero-order valence-electron chi connectivity index (χ0n) is 11.8. The van der Waals surface area contributed by atoms with Gasteiger partial charge in [-0.15, -0.1) is 0 Å². The van der Waals surface area contributed by atoms with Gasteiger partial charge in [0.1, 0.15) is 0 Å². The van der Waals surface area contributed by atoms with E-state index in [-0.39, 0.29) is 11.3 Å². The molecule has 20 heavy (non-hydrogen) atoms. The first-order chi connectivity index (χ1) is 9.47. The lowest BCUT2D eigenvalue weighted by Crippen LogP contribution is -2.07. The number of nitrogens with zero attached hydrogens (tertiary/aromatic N) is 1. The van der Waals surface area contributed by atoms with E-state index < -0.39 is 10.9 Å². The second-order valence-corrected chi connectivity index (χ2v) is 4.72. The smallest absolute Gasteiger partial charge is 0.336 e. The Hall–Kier alpha value is -2.11. The van der Waals surface area contributed by atoms with Crippen LogP contribution in [-0.2, 0) is 0 Å². The number of anilines is 1. The second-order valence-electron chi connectivity index (χ2n) is 4.72. The predicted molar refractivity (Wildman–Crippen MR) is 77.4 cm³/mol. The Balaban J connectivity index is 2.88. The molecule has 0 heterocycles. The van der Waals surface area contributed by atoms with Crippen LogP contribution in [0.25, 0.3) is 0 Å². The molecule has 1 rings (SSSR count). The number of rotatable bonds is 8. The number of nitro benzene ring substituents is 1. The van der Waals surface area contributed by atoms with E-state index in [4.69, 9.17) is 5.11 Å². The van der Waals surface area contributed by atoms with Crippen LogP contribution in [0, 0.1) is 17.0 Å². The Bertz CT molecular complexity index is 500. The van der Waals surface area contributed by atoms with Gasteiger partial charge in [-0.05, 0) is 19.4 Å². The van der Waals surface area contributed by atoms with Crippen LogP contribution in [0.3, 0.4) is 0 Å². The van der Waals surface area contributed by atoms with E-state index in [1.165, 1.54) is 6.07 Å². The number of hydrogen-bond donors (Lipinski definition) is 2. The highest BCUT2D eigenvalue weighted by atomic mass is 16.6. The largest absolute Gasteiger partial charge is 0.478 e. The van der Waals surface area contributed by atoms with Crippen molar-refractivity contribution in [3.63, 3.8) is 0 Å². The molecule has 6 nitrogen and oxygen atoms in total. The number of nitrogens with one attached hydrogen (secondary N) is 1. The summed E-state index contributed by atoms with van der Waals surface area (Å²) in [4.78, 5) is 21.4. The number of unbranched alkanes of at least 4 members (excludes halogenated alkanes) is 3. The molecule has 1 aromatic carbocycles. The highest BCUT2D eigenvalue weighted by Crippen LogP contribution is 2.27. The predicted octanol–water partition coefficient (Wildman–Crippen LogP) is 3.59. The fraction of sp³-hybridized carbons (Fsp3) is 0.500. The Morgan fingerprint density at radius 1 is 1.35 bits per heavy atom. The van der Waals surface area contributed by atoms with Crippen LogP contribution in [0.4, 0.5) is 11.4 Å². The summed E-state index contributed by atoms with van der Waals surface area (Å²) in [5, 5.41) is 23.0. The number of hydrogen-bond acceptors (Lipinski definition) is 4. The molecule has 0 aliphatic heterocycles. The van der Waals surface area contributed by atoms with Crippen molar-refractivity contribution in [3.05, 3.63) is 33.4 Å². The highest BCUT2D eigenvalue weighted by Gasteiger charge is 2.18. The summed E-state index contributed by atoms with van der Waals surface area (Å²) in [5.74, 6) is -1.16. The zero-order valence-corrected chi connectivity index (χ0v) is 11.8. The van der Waals surface area contributed by atoms with E-state index in [2.05, 4.69) is 12.2 Å². The Morgan fingerprint density at radius 2 is 2.05 bits per heavy atom. The van der Waals surface area contributed by atoms with Gasteiger partial charge < -0.3 is 10.4 Å². The third-order valence-electron chi connectivity index (χ3n) is 3.17. The summed E-state index contributed by atoms with van der Waals surface area (Å²) < 4.78 is 0. The third-order valence-corrected chi connectivity index (χ3v) is 3.17. The minimum Gasteiger partial charge on any atom is -0.478 e. The van der Waals surface area contributed by atoms with Crippen molar-refractivity contribution in [2.24, 2.45) is 0 Å². The molecule has 0 saturated heterocycles. The summed E-state index contributed by atoms with van der Waals surface area (Å²) in [6.07, 6.45) is 4.33. The van der Waals surface area contributed by atoms with Gasteiger partial charge in [-0.1, -0.05) is 26.2 Å². The molecule has 6 heteroatoms. The molecule has 0 aromatic heterocycles. The highest BCUT2D eigenvalue weighted by molar-refractivity contribution is 5.90. The minimum absolute atomic E-state index is 0.0710. The molecule has 0 bridgehead atoms. The lowest BCUT2D eigenvalue weighted by molar-refractivity contribution is -0.385. The van der Waals surface area contributed by atoms with Crippen molar-refractivity contribution in [1.82, 2.24) is 0 Å². The summed E-state index contributed by atoms with van der Waals surface area (Å²) in [5.41, 5.74) is 0.753. The Morgan fingerprint density at radius 3 is 2.60 bits per heavy atom. The maximum atomic E-state index is 11.0. The summed E-state index contributed by atoms with van der Waals surface area (Å²) in [6.45, 7) is 4.43. The Labute approximate surface area is 118 Å². The van der Waals surface area contributed by atoms with Gasteiger partial charge in [-0.2, -0.15) is 0 Å². The molecule has 0 aliphatic carbocycles. The van der Waals surface area contributed by atoms with Crippen molar-refractivity contribution in [2.45, 2.75) is 39.5 Å². The summed E-state index contributed by atoms with van der Waals surface area (Å²) in [7, 11) is 0. The van der Waals surface area contributed by atoms with Crippen molar-refractivity contribution in [2.75, 3.05) is 11.9 Å². The maximum absolute atomic E-state index is 11.0.